The lowest BCUT2D eigenvalue weighted by atomic mass is 10.0. The maximum atomic E-state index is 10.8. The highest BCUT2D eigenvalue weighted by Crippen LogP contribution is 2.34. The first kappa shape index (κ1) is 24.9. The number of nitrogens with zero attached hydrogens (tertiary/aromatic N) is 5. The Kier molecular flexibility index (Phi) is 7.18. The van der Waals surface area contributed by atoms with E-state index < -0.39 is 6.23 Å². The molecule has 0 saturated carbocycles. The van der Waals surface area contributed by atoms with Crippen molar-refractivity contribution in [2.24, 2.45) is 0 Å². The Bertz CT molecular complexity index is 1410. The Morgan fingerprint density at radius 2 is 2.05 bits per heavy atom. The van der Waals surface area contributed by atoms with Crippen LogP contribution in [0.15, 0.2) is 55.0 Å². The standard InChI is InChI=1S/C28H33N7O2/c1-18-14-20(8-10-24(18)37-21-9-7-19(2)29-15-21)32-27-26-22-16-35(25(36)6-5-12-34(3)4)13-11-23(22)33-28(26)31-17-30-27/h5-10,14-15,17,25,36H,11-13,16H2,1-4H3,(H2,30,31,32,33)/b6-5+. The number of aromatic nitrogens is 4. The van der Waals surface area contributed by atoms with Gasteiger partial charge in [-0.15, -0.1) is 0 Å². The third-order valence-corrected chi connectivity index (χ3v) is 6.50. The molecule has 4 aromatic rings. The summed E-state index contributed by atoms with van der Waals surface area (Å²) in [6.07, 6.45) is 7.32. The number of aromatic amines is 1. The number of benzene rings is 1. The topological polar surface area (TPSA) is 102 Å². The summed E-state index contributed by atoms with van der Waals surface area (Å²) in [4.78, 5) is 20.9. The molecule has 4 heterocycles. The minimum Gasteiger partial charge on any atom is -0.455 e. The van der Waals surface area contributed by atoms with Gasteiger partial charge in [-0.2, -0.15) is 0 Å². The zero-order valence-corrected chi connectivity index (χ0v) is 21.7. The van der Waals surface area contributed by atoms with Gasteiger partial charge in [-0.1, -0.05) is 6.08 Å². The normalized spacial score (nSPS) is 14.9. The van der Waals surface area contributed by atoms with Crippen molar-refractivity contribution in [3.05, 3.63) is 77.5 Å². The predicted molar refractivity (Wildman–Crippen MR) is 145 cm³/mol. The monoisotopic (exact) mass is 499 g/mol. The van der Waals surface area contributed by atoms with Crippen molar-refractivity contribution < 1.29 is 9.84 Å². The zero-order valence-electron chi connectivity index (χ0n) is 21.7. The van der Waals surface area contributed by atoms with Gasteiger partial charge in [-0.3, -0.25) is 9.88 Å². The molecule has 9 nitrogen and oxygen atoms in total. The average Bonchev–Trinajstić information content (AvgIpc) is 3.25. The van der Waals surface area contributed by atoms with Crippen LogP contribution < -0.4 is 10.1 Å². The second-order valence-electron chi connectivity index (χ2n) is 9.70. The van der Waals surface area contributed by atoms with Crippen molar-refractivity contribution in [2.75, 3.05) is 32.5 Å². The van der Waals surface area contributed by atoms with Crippen LogP contribution >= 0.6 is 0 Å². The Balaban J connectivity index is 1.37. The summed E-state index contributed by atoms with van der Waals surface area (Å²) >= 11 is 0. The quantitative estimate of drug-likeness (QED) is 0.309. The number of nitrogens with one attached hydrogen (secondary N) is 2. The maximum Gasteiger partial charge on any atom is 0.145 e. The van der Waals surface area contributed by atoms with Gasteiger partial charge in [0.2, 0.25) is 0 Å². The summed E-state index contributed by atoms with van der Waals surface area (Å²) in [5.41, 5.74) is 5.90. The van der Waals surface area contributed by atoms with Crippen LogP contribution in [0.25, 0.3) is 11.0 Å². The number of pyridine rings is 1. The molecule has 5 rings (SSSR count). The lowest BCUT2D eigenvalue weighted by Gasteiger charge is -2.30. The summed E-state index contributed by atoms with van der Waals surface area (Å²) in [6, 6.07) is 9.80. The first-order valence-electron chi connectivity index (χ1n) is 12.4. The number of aryl methyl sites for hydroxylation is 2. The molecule has 1 aliphatic heterocycles. The molecule has 0 spiro atoms. The van der Waals surface area contributed by atoms with Gasteiger partial charge < -0.3 is 25.0 Å². The molecule has 37 heavy (non-hydrogen) atoms. The van der Waals surface area contributed by atoms with Crippen LogP contribution in [0.2, 0.25) is 0 Å². The van der Waals surface area contributed by atoms with Gasteiger partial charge in [0, 0.05) is 48.7 Å². The van der Waals surface area contributed by atoms with Gasteiger partial charge in [0.15, 0.2) is 0 Å². The van der Waals surface area contributed by atoms with Crippen LogP contribution in [0.1, 0.15) is 22.5 Å². The van der Waals surface area contributed by atoms with Crippen molar-refractivity contribution in [1.29, 1.82) is 0 Å². The van der Waals surface area contributed by atoms with Gasteiger partial charge >= 0.3 is 0 Å². The number of hydrogen-bond donors (Lipinski definition) is 3. The summed E-state index contributed by atoms with van der Waals surface area (Å²) < 4.78 is 6.02. The molecule has 1 unspecified atom stereocenters. The molecular weight excluding hydrogens is 466 g/mol. The molecule has 192 valence electrons. The van der Waals surface area contributed by atoms with Crippen LogP contribution in [0.4, 0.5) is 11.5 Å². The number of H-pyrrole nitrogens is 1. The second-order valence-corrected chi connectivity index (χ2v) is 9.70. The van der Waals surface area contributed by atoms with E-state index in [9.17, 15) is 5.11 Å². The maximum absolute atomic E-state index is 10.8. The number of aliphatic hydroxyl groups is 1. The highest BCUT2D eigenvalue weighted by molar-refractivity contribution is 5.93. The molecule has 3 N–H and O–H groups in total. The average molecular weight is 500 g/mol. The molecule has 1 aromatic carbocycles. The highest BCUT2D eigenvalue weighted by atomic mass is 16.5. The molecule has 0 fully saturated rings. The first-order valence-corrected chi connectivity index (χ1v) is 12.4. The fraction of sp³-hybridized carbons (Fsp3) is 0.321. The van der Waals surface area contributed by atoms with Crippen molar-refractivity contribution in [3.63, 3.8) is 0 Å². The fourth-order valence-corrected chi connectivity index (χ4v) is 4.52. The van der Waals surface area contributed by atoms with Gasteiger partial charge in [0.25, 0.3) is 0 Å². The number of hydrogen-bond acceptors (Lipinski definition) is 8. The lowest BCUT2D eigenvalue weighted by Crippen LogP contribution is -2.38. The van der Waals surface area contributed by atoms with Crippen LogP contribution in [0.3, 0.4) is 0 Å². The lowest BCUT2D eigenvalue weighted by molar-refractivity contribution is 0.0315. The minimum atomic E-state index is -0.641. The molecule has 0 aliphatic carbocycles. The van der Waals surface area contributed by atoms with Crippen LogP contribution in [0, 0.1) is 13.8 Å². The number of likely N-dealkylation sites (N-methyl/N-ethyl adjacent to an activating group) is 1. The van der Waals surface area contributed by atoms with Crippen molar-refractivity contribution >= 4 is 22.5 Å². The molecular formula is C28H33N7O2. The van der Waals surface area contributed by atoms with E-state index in [-0.39, 0.29) is 0 Å². The Morgan fingerprint density at radius 1 is 1.19 bits per heavy atom. The summed E-state index contributed by atoms with van der Waals surface area (Å²) in [7, 11) is 4.02. The van der Waals surface area contributed by atoms with Gasteiger partial charge in [-0.05, 0) is 69.9 Å². The van der Waals surface area contributed by atoms with Crippen molar-refractivity contribution in [1.82, 2.24) is 29.7 Å². The van der Waals surface area contributed by atoms with Crippen LogP contribution in [0.5, 0.6) is 11.5 Å². The Labute approximate surface area is 216 Å². The van der Waals surface area contributed by atoms with E-state index in [2.05, 4.69) is 35.1 Å². The van der Waals surface area contributed by atoms with Crippen LogP contribution in [-0.4, -0.2) is 68.3 Å². The molecule has 1 atom stereocenters. The SMILES string of the molecule is Cc1ccc(Oc2ccc(Nc3ncnc4[nH]c5c(c34)CN(C(O)/C=C/CN(C)C)CC5)cc2C)cn1. The molecule has 1 aliphatic rings. The number of ether oxygens (including phenoxy) is 1. The summed E-state index contributed by atoms with van der Waals surface area (Å²) in [6.45, 7) is 6.13. The molecule has 0 radical (unpaired) electrons. The molecule has 0 amide bonds. The van der Waals surface area contributed by atoms with E-state index in [1.165, 1.54) is 0 Å². The third-order valence-electron chi connectivity index (χ3n) is 6.50. The Morgan fingerprint density at radius 3 is 2.81 bits per heavy atom. The summed E-state index contributed by atoms with van der Waals surface area (Å²) in [5, 5.41) is 15.2. The number of anilines is 2. The van der Waals surface area contributed by atoms with Crippen molar-refractivity contribution in [2.45, 2.75) is 33.0 Å². The van der Waals surface area contributed by atoms with E-state index in [0.29, 0.717) is 12.3 Å². The van der Waals surface area contributed by atoms with E-state index >= 15 is 0 Å². The van der Waals surface area contributed by atoms with Gasteiger partial charge in [0.05, 0.1) is 11.6 Å². The molecule has 0 bridgehead atoms. The predicted octanol–water partition coefficient (Wildman–Crippen LogP) is 4.30. The van der Waals surface area contributed by atoms with E-state index in [4.69, 9.17) is 4.74 Å². The zero-order chi connectivity index (χ0) is 25.9. The van der Waals surface area contributed by atoms with Gasteiger partial charge in [0.1, 0.15) is 35.5 Å². The first-order chi connectivity index (χ1) is 17.9. The van der Waals surface area contributed by atoms with E-state index in [1.54, 1.807) is 12.5 Å². The number of fused-ring (bicyclic) bond motifs is 3. The fourth-order valence-electron chi connectivity index (χ4n) is 4.52. The molecule has 9 heteroatoms. The van der Waals surface area contributed by atoms with Crippen LogP contribution in [-0.2, 0) is 13.0 Å². The number of rotatable bonds is 8. The van der Waals surface area contributed by atoms with E-state index in [1.807, 2.05) is 70.4 Å². The second kappa shape index (κ2) is 10.7. The highest BCUT2D eigenvalue weighted by Gasteiger charge is 2.26. The third kappa shape index (κ3) is 5.64. The number of aliphatic hydroxyl groups excluding tert-OH is 1. The largest absolute Gasteiger partial charge is 0.455 e. The van der Waals surface area contributed by atoms with Crippen molar-refractivity contribution in [3.8, 4) is 11.5 Å². The smallest absolute Gasteiger partial charge is 0.145 e. The molecule has 3 aromatic heterocycles. The van der Waals surface area contributed by atoms with Gasteiger partial charge in [-0.25, -0.2) is 9.97 Å². The van der Waals surface area contributed by atoms with E-state index in [0.717, 1.165) is 70.3 Å². The minimum absolute atomic E-state index is 0.612. The molecule has 0 saturated heterocycles. The summed E-state index contributed by atoms with van der Waals surface area (Å²) in [5.74, 6) is 2.21. The Hall–Kier alpha value is -3.79.